The average Bonchev–Trinajstić information content (AvgIpc) is 2.80. The molecule has 0 fully saturated rings. The Balaban J connectivity index is 1.76. The van der Waals surface area contributed by atoms with E-state index in [2.05, 4.69) is 82.8 Å². The van der Waals surface area contributed by atoms with Gasteiger partial charge in [0.15, 0.2) is 0 Å². The standard InChI is InChI=1S/C26H22N2/c1-4-12-21(13-5-1)25-20-27(22-14-6-2-7-15-22)28(23-16-8-3-9-17-23)26-19-11-10-18-24(25)26/h1-19,25H,20H2/i20D. The first-order valence-corrected chi connectivity index (χ1v) is 9.60. The van der Waals surface area contributed by atoms with Gasteiger partial charge in [0.2, 0.25) is 0 Å². The third kappa shape index (κ3) is 2.93. The minimum Gasteiger partial charge on any atom is -0.280 e. The molecular weight excluding hydrogens is 340 g/mol. The topological polar surface area (TPSA) is 6.48 Å². The van der Waals surface area contributed by atoms with Gasteiger partial charge in [-0.2, -0.15) is 0 Å². The van der Waals surface area contributed by atoms with Gasteiger partial charge >= 0.3 is 0 Å². The van der Waals surface area contributed by atoms with E-state index in [1.165, 1.54) is 5.56 Å². The van der Waals surface area contributed by atoms with Crippen LogP contribution in [0.4, 0.5) is 17.1 Å². The summed E-state index contributed by atoms with van der Waals surface area (Å²) in [6, 6.07) is 39.4. The smallest absolute Gasteiger partial charge is 0.0671 e. The van der Waals surface area contributed by atoms with Gasteiger partial charge in [0.1, 0.15) is 0 Å². The molecule has 136 valence electrons. The first kappa shape index (κ1) is 15.5. The van der Waals surface area contributed by atoms with E-state index in [4.69, 9.17) is 0 Å². The zero-order chi connectivity index (χ0) is 19.6. The van der Waals surface area contributed by atoms with Crippen molar-refractivity contribution < 1.29 is 1.37 Å². The summed E-state index contributed by atoms with van der Waals surface area (Å²) >= 11 is 0. The highest BCUT2D eigenvalue weighted by Crippen LogP contribution is 2.43. The van der Waals surface area contributed by atoms with Crippen LogP contribution in [0.1, 0.15) is 18.4 Å². The number of anilines is 3. The maximum atomic E-state index is 9.36. The molecule has 0 N–H and O–H groups in total. The summed E-state index contributed by atoms with van der Waals surface area (Å²) in [6.45, 7) is -0.505. The van der Waals surface area contributed by atoms with Crippen molar-refractivity contribution in [1.82, 2.24) is 0 Å². The maximum absolute atomic E-state index is 9.36. The monoisotopic (exact) mass is 363 g/mol. The van der Waals surface area contributed by atoms with Crippen LogP contribution in [-0.4, -0.2) is 6.52 Å². The van der Waals surface area contributed by atoms with E-state index in [1.807, 2.05) is 42.5 Å². The minimum absolute atomic E-state index is 0.0485. The van der Waals surface area contributed by atoms with Gasteiger partial charge in [0, 0.05) is 5.92 Å². The second-order valence-electron chi connectivity index (χ2n) is 6.92. The fourth-order valence-electron chi connectivity index (χ4n) is 3.89. The van der Waals surface area contributed by atoms with Crippen molar-refractivity contribution in [2.45, 2.75) is 5.92 Å². The van der Waals surface area contributed by atoms with Crippen LogP contribution < -0.4 is 10.0 Å². The van der Waals surface area contributed by atoms with E-state index >= 15 is 0 Å². The number of hydrogen-bond acceptors (Lipinski definition) is 2. The van der Waals surface area contributed by atoms with Gasteiger partial charge in [-0.3, -0.25) is 10.0 Å². The first-order chi connectivity index (χ1) is 14.3. The van der Waals surface area contributed by atoms with Gasteiger partial charge in [-0.25, -0.2) is 0 Å². The number of rotatable bonds is 3. The quantitative estimate of drug-likeness (QED) is 0.416. The van der Waals surface area contributed by atoms with Crippen molar-refractivity contribution in [1.29, 1.82) is 0 Å². The van der Waals surface area contributed by atoms with Crippen LogP contribution >= 0.6 is 0 Å². The van der Waals surface area contributed by atoms with Gasteiger partial charge in [-0.05, 0) is 41.5 Å². The molecule has 4 aromatic rings. The van der Waals surface area contributed by atoms with E-state index in [0.717, 1.165) is 22.6 Å². The highest BCUT2D eigenvalue weighted by atomic mass is 15.6. The highest BCUT2D eigenvalue weighted by molar-refractivity contribution is 5.75. The van der Waals surface area contributed by atoms with Crippen LogP contribution in [0.3, 0.4) is 0 Å². The van der Waals surface area contributed by atoms with E-state index in [1.54, 1.807) is 0 Å². The van der Waals surface area contributed by atoms with Crippen molar-refractivity contribution in [2.24, 2.45) is 0 Å². The van der Waals surface area contributed by atoms with Crippen LogP contribution in [0.5, 0.6) is 0 Å². The molecule has 0 aromatic heterocycles. The van der Waals surface area contributed by atoms with Gasteiger partial charge < -0.3 is 0 Å². The summed E-state index contributed by atoms with van der Waals surface area (Å²) in [5.41, 5.74) is 5.50. The van der Waals surface area contributed by atoms with E-state index in [9.17, 15) is 1.37 Å². The molecular formula is C26H22N2. The SMILES string of the molecule is [2H]C1C(c2ccccc2)c2ccccc2N(c2ccccc2)N1c1ccccc1. The zero-order valence-corrected chi connectivity index (χ0v) is 15.5. The Labute approximate surface area is 167 Å². The molecule has 1 aliphatic rings. The Morgan fingerprint density at radius 2 is 1.14 bits per heavy atom. The number of hydrazine groups is 1. The molecule has 0 radical (unpaired) electrons. The van der Waals surface area contributed by atoms with Crippen LogP contribution in [0, 0.1) is 0 Å². The summed E-state index contributed by atoms with van der Waals surface area (Å²) in [6.07, 6.45) is 0. The number of nitrogens with zero attached hydrogens (tertiary/aromatic N) is 2. The van der Waals surface area contributed by atoms with Crippen LogP contribution in [-0.2, 0) is 0 Å². The minimum atomic E-state index is -0.505. The van der Waals surface area contributed by atoms with E-state index < -0.39 is 6.52 Å². The lowest BCUT2D eigenvalue weighted by molar-refractivity contribution is 0.685. The summed E-state index contributed by atoms with van der Waals surface area (Å²) in [4.78, 5) is 0. The van der Waals surface area contributed by atoms with E-state index in [-0.39, 0.29) is 5.92 Å². The number of para-hydroxylation sites is 3. The van der Waals surface area contributed by atoms with Crippen molar-refractivity contribution in [3.8, 4) is 0 Å². The van der Waals surface area contributed by atoms with Gasteiger partial charge in [-0.15, -0.1) is 0 Å². The molecule has 2 atom stereocenters. The Bertz CT molecular complexity index is 1080. The highest BCUT2D eigenvalue weighted by Gasteiger charge is 2.32. The van der Waals surface area contributed by atoms with E-state index in [0.29, 0.717) is 0 Å². The molecule has 4 aromatic carbocycles. The molecule has 5 rings (SSSR count). The molecule has 0 saturated heterocycles. The summed E-state index contributed by atoms with van der Waals surface area (Å²) < 4.78 is 9.36. The molecule has 2 unspecified atom stereocenters. The lowest BCUT2D eigenvalue weighted by Gasteiger charge is -2.46. The van der Waals surface area contributed by atoms with Crippen molar-refractivity contribution in [2.75, 3.05) is 16.5 Å². The lowest BCUT2D eigenvalue weighted by Crippen LogP contribution is -2.46. The predicted molar refractivity (Wildman–Crippen MR) is 117 cm³/mol. The number of fused-ring (bicyclic) bond motifs is 1. The van der Waals surface area contributed by atoms with Crippen LogP contribution in [0.2, 0.25) is 0 Å². The number of benzene rings is 4. The molecule has 0 saturated carbocycles. The third-order valence-electron chi connectivity index (χ3n) is 5.19. The molecule has 0 amide bonds. The van der Waals surface area contributed by atoms with Gasteiger partial charge in [0.25, 0.3) is 0 Å². The molecule has 1 heterocycles. The maximum Gasteiger partial charge on any atom is 0.0671 e. The fraction of sp³-hybridized carbons (Fsp3) is 0.0769. The Kier molecular flexibility index (Phi) is 4.02. The van der Waals surface area contributed by atoms with Crippen molar-refractivity contribution >= 4 is 17.1 Å². The number of hydrogen-bond donors (Lipinski definition) is 0. The fourth-order valence-corrected chi connectivity index (χ4v) is 3.89. The Hall–Kier alpha value is -3.52. The van der Waals surface area contributed by atoms with Crippen LogP contribution in [0.15, 0.2) is 115 Å². The summed E-state index contributed by atoms with van der Waals surface area (Å²) in [5, 5.41) is 4.29. The molecule has 2 nitrogen and oxygen atoms in total. The predicted octanol–water partition coefficient (Wildman–Crippen LogP) is 6.39. The summed E-state index contributed by atoms with van der Waals surface area (Å²) in [7, 11) is 0. The van der Waals surface area contributed by atoms with Gasteiger partial charge in [-0.1, -0.05) is 84.9 Å². The third-order valence-corrected chi connectivity index (χ3v) is 5.19. The largest absolute Gasteiger partial charge is 0.280 e. The molecule has 0 aliphatic carbocycles. The lowest BCUT2D eigenvalue weighted by atomic mass is 9.87. The molecule has 2 heteroatoms. The summed E-state index contributed by atoms with van der Waals surface area (Å²) in [5.74, 6) is -0.0485. The second kappa shape index (κ2) is 7.24. The molecule has 1 aliphatic heterocycles. The van der Waals surface area contributed by atoms with Crippen LogP contribution in [0.25, 0.3) is 0 Å². The molecule has 0 spiro atoms. The zero-order valence-electron chi connectivity index (χ0n) is 16.5. The Morgan fingerprint density at radius 1 is 0.607 bits per heavy atom. The molecule has 0 bridgehead atoms. The normalized spacial score (nSPS) is 19.1. The second-order valence-corrected chi connectivity index (χ2v) is 6.92. The first-order valence-electron chi connectivity index (χ1n) is 10.2. The van der Waals surface area contributed by atoms with Crippen molar-refractivity contribution in [3.63, 3.8) is 0 Å². The van der Waals surface area contributed by atoms with Crippen molar-refractivity contribution in [3.05, 3.63) is 126 Å². The molecule has 28 heavy (non-hydrogen) atoms. The Morgan fingerprint density at radius 3 is 1.82 bits per heavy atom. The van der Waals surface area contributed by atoms with Gasteiger partial charge in [0.05, 0.1) is 25.0 Å². The average molecular weight is 363 g/mol.